The zero-order valence-corrected chi connectivity index (χ0v) is 9.00. The van der Waals surface area contributed by atoms with Crippen molar-refractivity contribution in [3.63, 3.8) is 0 Å². The highest BCUT2D eigenvalue weighted by Crippen LogP contribution is 2.31. The lowest BCUT2D eigenvalue weighted by Crippen LogP contribution is -2.53. The van der Waals surface area contributed by atoms with Crippen LogP contribution in [0.25, 0.3) is 0 Å². The molecule has 2 saturated heterocycles. The van der Waals surface area contributed by atoms with Crippen molar-refractivity contribution in [3.05, 3.63) is 18.5 Å². The number of piperazine rings is 1. The van der Waals surface area contributed by atoms with Crippen LogP contribution in [0.15, 0.2) is 18.5 Å². The second-order valence-electron chi connectivity index (χ2n) is 4.56. The summed E-state index contributed by atoms with van der Waals surface area (Å²) in [5.41, 5.74) is 0. The van der Waals surface area contributed by atoms with Gasteiger partial charge in [0.05, 0.1) is 0 Å². The van der Waals surface area contributed by atoms with Crippen molar-refractivity contribution < 1.29 is 0 Å². The Labute approximate surface area is 89.9 Å². The van der Waals surface area contributed by atoms with Crippen LogP contribution in [-0.2, 0) is 0 Å². The summed E-state index contributed by atoms with van der Waals surface area (Å²) in [7, 11) is 2.20. The summed E-state index contributed by atoms with van der Waals surface area (Å²) in [6, 6.07) is 3.12. The number of hydrogen-bond acceptors (Lipinski definition) is 4. The molecular weight excluding hydrogens is 188 g/mol. The molecule has 0 saturated carbocycles. The highest BCUT2D eigenvalue weighted by molar-refractivity contribution is 5.36. The molecule has 0 aromatic carbocycles. The predicted molar refractivity (Wildman–Crippen MR) is 58.8 cm³/mol. The van der Waals surface area contributed by atoms with Gasteiger partial charge in [-0.3, -0.25) is 0 Å². The van der Waals surface area contributed by atoms with Gasteiger partial charge in [0.15, 0.2) is 0 Å². The molecule has 0 aliphatic carbocycles. The van der Waals surface area contributed by atoms with E-state index in [2.05, 4.69) is 26.8 Å². The van der Waals surface area contributed by atoms with Gasteiger partial charge in [-0.1, -0.05) is 0 Å². The fraction of sp³-hybridized carbons (Fsp3) is 0.636. The SMILES string of the molecule is CN1CC2CCC(C1)N2c1ncccn1. The zero-order chi connectivity index (χ0) is 10.3. The van der Waals surface area contributed by atoms with Crippen molar-refractivity contribution in [1.29, 1.82) is 0 Å². The van der Waals surface area contributed by atoms with E-state index in [0.717, 1.165) is 19.0 Å². The van der Waals surface area contributed by atoms with Crippen molar-refractivity contribution in [1.82, 2.24) is 14.9 Å². The topological polar surface area (TPSA) is 32.3 Å². The highest BCUT2D eigenvalue weighted by atomic mass is 15.4. The third kappa shape index (κ3) is 1.49. The van der Waals surface area contributed by atoms with Crippen molar-refractivity contribution in [3.8, 4) is 0 Å². The number of fused-ring (bicyclic) bond motifs is 2. The van der Waals surface area contributed by atoms with Crippen LogP contribution < -0.4 is 4.90 Å². The van der Waals surface area contributed by atoms with E-state index >= 15 is 0 Å². The van der Waals surface area contributed by atoms with E-state index < -0.39 is 0 Å². The van der Waals surface area contributed by atoms with Crippen molar-refractivity contribution in [2.75, 3.05) is 25.0 Å². The maximum absolute atomic E-state index is 4.36. The van der Waals surface area contributed by atoms with E-state index in [9.17, 15) is 0 Å². The summed E-state index contributed by atoms with van der Waals surface area (Å²) in [6.45, 7) is 2.30. The van der Waals surface area contributed by atoms with Gasteiger partial charge in [-0.05, 0) is 26.0 Å². The first kappa shape index (κ1) is 9.09. The van der Waals surface area contributed by atoms with Crippen LogP contribution in [0.2, 0.25) is 0 Å². The summed E-state index contributed by atoms with van der Waals surface area (Å²) >= 11 is 0. The lowest BCUT2D eigenvalue weighted by Gasteiger charge is -2.39. The molecule has 80 valence electrons. The van der Waals surface area contributed by atoms with Gasteiger partial charge in [0.25, 0.3) is 0 Å². The van der Waals surface area contributed by atoms with Crippen molar-refractivity contribution >= 4 is 5.95 Å². The Kier molecular flexibility index (Phi) is 2.09. The summed E-state index contributed by atoms with van der Waals surface area (Å²) in [5.74, 6) is 0.915. The minimum Gasteiger partial charge on any atom is -0.332 e. The van der Waals surface area contributed by atoms with Crippen LogP contribution in [-0.4, -0.2) is 47.1 Å². The van der Waals surface area contributed by atoms with Crippen LogP contribution in [0.1, 0.15) is 12.8 Å². The molecule has 4 nitrogen and oxygen atoms in total. The number of aromatic nitrogens is 2. The Balaban J connectivity index is 1.89. The molecule has 3 heterocycles. The number of likely N-dealkylation sites (tertiary alicyclic amines) is 1. The maximum Gasteiger partial charge on any atom is 0.225 e. The average Bonchev–Trinajstić information content (AvgIpc) is 2.53. The Morgan fingerprint density at radius 1 is 1.13 bits per heavy atom. The predicted octanol–water partition coefficient (Wildman–Crippen LogP) is 0.759. The van der Waals surface area contributed by atoms with Gasteiger partial charge < -0.3 is 9.80 Å². The largest absolute Gasteiger partial charge is 0.332 e. The van der Waals surface area contributed by atoms with Crippen LogP contribution in [0.4, 0.5) is 5.95 Å². The van der Waals surface area contributed by atoms with Crippen LogP contribution in [0, 0.1) is 0 Å². The Morgan fingerprint density at radius 3 is 2.33 bits per heavy atom. The molecule has 2 atom stereocenters. The molecule has 2 aliphatic rings. The number of likely N-dealkylation sites (N-methyl/N-ethyl adjacent to an activating group) is 1. The first-order chi connectivity index (χ1) is 7.34. The summed E-state index contributed by atoms with van der Waals surface area (Å²) in [5, 5.41) is 0. The fourth-order valence-corrected chi connectivity index (χ4v) is 2.86. The van der Waals surface area contributed by atoms with Gasteiger partial charge in [0, 0.05) is 37.6 Å². The monoisotopic (exact) mass is 204 g/mol. The van der Waals surface area contributed by atoms with Gasteiger partial charge in [0.1, 0.15) is 0 Å². The first-order valence-corrected chi connectivity index (χ1v) is 5.58. The lowest BCUT2D eigenvalue weighted by atomic mass is 10.2. The normalized spacial score (nSPS) is 30.9. The zero-order valence-electron chi connectivity index (χ0n) is 9.00. The average molecular weight is 204 g/mol. The van der Waals surface area contributed by atoms with E-state index in [1.807, 2.05) is 18.5 Å². The fourth-order valence-electron chi connectivity index (χ4n) is 2.86. The van der Waals surface area contributed by atoms with E-state index in [1.54, 1.807) is 0 Å². The quantitative estimate of drug-likeness (QED) is 0.676. The van der Waals surface area contributed by atoms with E-state index in [1.165, 1.54) is 12.8 Å². The molecule has 1 aromatic rings. The number of nitrogens with zero attached hydrogens (tertiary/aromatic N) is 4. The number of rotatable bonds is 1. The molecule has 4 heteroatoms. The number of hydrogen-bond donors (Lipinski definition) is 0. The molecule has 15 heavy (non-hydrogen) atoms. The minimum absolute atomic E-state index is 0.621. The van der Waals surface area contributed by atoms with Gasteiger partial charge >= 0.3 is 0 Å². The summed E-state index contributed by atoms with van der Waals surface area (Å²) < 4.78 is 0. The molecule has 1 aromatic heterocycles. The smallest absolute Gasteiger partial charge is 0.225 e. The Bertz CT molecular complexity index is 326. The molecule has 0 N–H and O–H groups in total. The number of anilines is 1. The molecule has 0 amide bonds. The van der Waals surface area contributed by atoms with Gasteiger partial charge in [0.2, 0.25) is 5.95 Å². The molecule has 2 aliphatic heterocycles. The summed E-state index contributed by atoms with van der Waals surface area (Å²) in [6.07, 6.45) is 6.24. The van der Waals surface area contributed by atoms with E-state index in [-0.39, 0.29) is 0 Å². The van der Waals surface area contributed by atoms with Crippen LogP contribution in [0.5, 0.6) is 0 Å². The Hall–Kier alpha value is -1.16. The van der Waals surface area contributed by atoms with Crippen LogP contribution in [0.3, 0.4) is 0 Å². The van der Waals surface area contributed by atoms with Crippen LogP contribution >= 0.6 is 0 Å². The lowest BCUT2D eigenvalue weighted by molar-refractivity contribution is 0.262. The Morgan fingerprint density at radius 2 is 1.73 bits per heavy atom. The third-order valence-corrected chi connectivity index (χ3v) is 3.45. The minimum atomic E-state index is 0.621. The molecule has 3 rings (SSSR count). The van der Waals surface area contributed by atoms with Gasteiger partial charge in [-0.25, -0.2) is 9.97 Å². The van der Waals surface area contributed by atoms with Gasteiger partial charge in [-0.15, -0.1) is 0 Å². The molecule has 2 unspecified atom stereocenters. The molecule has 2 bridgehead atoms. The highest BCUT2D eigenvalue weighted by Gasteiger charge is 2.39. The van der Waals surface area contributed by atoms with E-state index in [4.69, 9.17) is 0 Å². The molecule has 0 spiro atoms. The molecular formula is C11H16N4. The second kappa shape index (κ2) is 3.45. The molecule has 2 fully saturated rings. The summed E-state index contributed by atoms with van der Waals surface area (Å²) in [4.78, 5) is 13.6. The standard InChI is InChI=1S/C11H16N4/c1-14-7-9-3-4-10(8-14)15(9)11-12-5-2-6-13-11/h2,5-6,9-10H,3-4,7-8H2,1H3. The first-order valence-electron chi connectivity index (χ1n) is 5.58. The third-order valence-electron chi connectivity index (χ3n) is 3.45. The molecule has 0 radical (unpaired) electrons. The maximum atomic E-state index is 4.36. The second-order valence-corrected chi connectivity index (χ2v) is 4.56. The van der Waals surface area contributed by atoms with Gasteiger partial charge in [-0.2, -0.15) is 0 Å². The van der Waals surface area contributed by atoms with Crippen molar-refractivity contribution in [2.45, 2.75) is 24.9 Å². The van der Waals surface area contributed by atoms with E-state index in [0.29, 0.717) is 12.1 Å². The van der Waals surface area contributed by atoms with Crippen molar-refractivity contribution in [2.24, 2.45) is 0 Å².